The van der Waals surface area contributed by atoms with Crippen LogP contribution in [0, 0.1) is 0 Å². The number of hydrogen-bond donors (Lipinski definition) is 0. The highest BCUT2D eigenvalue weighted by molar-refractivity contribution is 4.90. The lowest BCUT2D eigenvalue weighted by Crippen LogP contribution is -2.55. The van der Waals surface area contributed by atoms with Gasteiger partial charge in [0.2, 0.25) is 0 Å². The molecule has 0 aromatic rings. The minimum atomic E-state index is -5.82. The lowest BCUT2D eigenvalue weighted by molar-refractivity contribution is -0.328. The van der Waals surface area contributed by atoms with Crippen LogP contribution in [0.3, 0.4) is 0 Å². The summed E-state index contributed by atoms with van der Waals surface area (Å²) in [6, 6.07) is -5.70. The fourth-order valence-corrected chi connectivity index (χ4v) is 0.317. The van der Waals surface area contributed by atoms with Crippen LogP contribution in [0.1, 0.15) is 6.92 Å². The summed E-state index contributed by atoms with van der Waals surface area (Å²) in [6.07, 6.45) is 0. The zero-order valence-corrected chi connectivity index (χ0v) is 5.59. The van der Waals surface area contributed by atoms with Crippen molar-refractivity contribution < 1.29 is 30.8 Å². The van der Waals surface area contributed by atoms with Gasteiger partial charge in [0.15, 0.2) is 0 Å². The van der Waals surface area contributed by atoms with E-state index in [4.69, 9.17) is 0 Å². The van der Waals surface area contributed by atoms with Crippen LogP contribution >= 0.6 is 0 Å². The SMILES string of the molecule is CC(F)(F)C(F)(F)C(F)(F)[N]F. The van der Waals surface area contributed by atoms with Crippen LogP contribution in [0.15, 0.2) is 0 Å². The van der Waals surface area contributed by atoms with E-state index in [1.54, 1.807) is 0 Å². The number of hydrogen-bond acceptors (Lipinski definition) is 0. The second kappa shape index (κ2) is 2.75. The molecule has 0 aromatic heterocycles. The molecular formula is C4H3F7N. The molecule has 1 nitrogen and oxygen atoms in total. The quantitative estimate of drug-likeness (QED) is 0.488. The van der Waals surface area contributed by atoms with Gasteiger partial charge in [-0.3, -0.25) is 0 Å². The molecule has 0 fully saturated rings. The topological polar surface area (TPSA) is 14.1 Å². The molecule has 0 atom stereocenters. The van der Waals surface area contributed by atoms with Crippen LogP contribution in [-0.4, -0.2) is 17.9 Å². The van der Waals surface area contributed by atoms with Gasteiger partial charge < -0.3 is 0 Å². The first-order valence-corrected chi connectivity index (χ1v) is 2.53. The number of halogens is 7. The third-order valence-electron chi connectivity index (χ3n) is 1.04. The Morgan fingerprint density at radius 2 is 1.25 bits per heavy atom. The Hall–Kier alpha value is -0.530. The predicted molar refractivity (Wildman–Crippen MR) is 23.8 cm³/mol. The molecule has 0 aliphatic rings. The van der Waals surface area contributed by atoms with Gasteiger partial charge in [0, 0.05) is 12.5 Å². The Labute approximate surface area is 62.5 Å². The van der Waals surface area contributed by atoms with E-state index in [1.807, 2.05) is 0 Å². The molecule has 8 heteroatoms. The maximum Gasteiger partial charge on any atom is 0.414 e. The van der Waals surface area contributed by atoms with E-state index < -0.39 is 24.8 Å². The third kappa shape index (κ3) is 1.62. The molecule has 0 heterocycles. The second-order valence-electron chi connectivity index (χ2n) is 2.09. The Kier molecular flexibility index (Phi) is 2.63. The van der Waals surface area contributed by atoms with Crippen molar-refractivity contribution in [2.24, 2.45) is 0 Å². The lowest BCUT2D eigenvalue weighted by atomic mass is 10.1. The van der Waals surface area contributed by atoms with Crippen molar-refractivity contribution in [3.8, 4) is 0 Å². The van der Waals surface area contributed by atoms with Crippen LogP contribution < -0.4 is 5.54 Å². The molecule has 73 valence electrons. The summed E-state index contributed by atoms with van der Waals surface area (Å²) in [4.78, 5) is 0. The standard InChI is InChI=1S/C4H3F7N/c1-2(5,6)3(7,8)4(9,10)12-11/h1H3. The van der Waals surface area contributed by atoms with E-state index in [1.165, 1.54) is 0 Å². The highest BCUT2D eigenvalue weighted by Gasteiger charge is 2.71. The Balaban J connectivity index is 4.85. The Bertz CT molecular complexity index is 159. The molecule has 0 saturated carbocycles. The summed E-state index contributed by atoms with van der Waals surface area (Å²) in [5, 5.41) is 0. The zero-order chi connectivity index (χ0) is 10.2. The minimum absolute atomic E-state index is 0.395. The summed E-state index contributed by atoms with van der Waals surface area (Å²) in [7, 11) is 0. The molecule has 0 unspecified atom stereocenters. The molecule has 12 heavy (non-hydrogen) atoms. The molecule has 0 spiro atoms. The van der Waals surface area contributed by atoms with Crippen LogP contribution in [0.2, 0.25) is 0 Å². The monoisotopic (exact) mass is 198 g/mol. The average Bonchev–Trinajstić information content (AvgIpc) is 1.85. The largest absolute Gasteiger partial charge is 0.414 e. The van der Waals surface area contributed by atoms with Gasteiger partial charge in [-0.05, 0) is 0 Å². The van der Waals surface area contributed by atoms with E-state index >= 15 is 0 Å². The molecule has 0 aliphatic carbocycles. The fourth-order valence-electron chi connectivity index (χ4n) is 0.317. The molecule has 0 aromatic carbocycles. The van der Waals surface area contributed by atoms with Gasteiger partial charge in [-0.2, -0.15) is 26.3 Å². The highest BCUT2D eigenvalue weighted by atomic mass is 19.4. The summed E-state index contributed by atoms with van der Waals surface area (Å²) in [5.74, 6) is -10.9. The van der Waals surface area contributed by atoms with Crippen molar-refractivity contribution in [1.82, 2.24) is 5.54 Å². The van der Waals surface area contributed by atoms with Gasteiger partial charge in [0.1, 0.15) is 0 Å². The molecule has 0 rings (SSSR count). The summed E-state index contributed by atoms with van der Waals surface area (Å²) in [6.45, 7) is -0.452. The van der Waals surface area contributed by atoms with Gasteiger partial charge in [-0.15, -0.1) is 4.48 Å². The van der Waals surface area contributed by atoms with Gasteiger partial charge in [0.05, 0.1) is 0 Å². The van der Waals surface area contributed by atoms with Gasteiger partial charge in [0.25, 0.3) is 0 Å². The van der Waals surface area contributed by atoms with Crippen molar-refractivity contribution >= 4 is 0 Å². The fraction of sp³-hybridized carbons (Fsp3) is 1.00. The number of alkyl halides is 6. The van der Waals surface area contributed by atoms with Crippen LogP contribution in [0.5, 0.6) is 0 Å². The molecule has 0 amide bonds. The zero-order valence-electron chi connectivity index (χ0n) is 5.59. The minimum Gasteiger partial charge on any atom is -0.200 e. The van der Waals surface area contributed by atoms with Crippen LogP contribution in [0.25, 0.3) is 0 Å². The summed E-state index contributed by atoms with van der Waals surface area (Å²) in [5.41, 5.74) is 0.395. The van der Waals surface area contributed by atoms with Crippen molar-refractivity contribution in [3.05, 3.63) is 0 Å². The van der Waals surface area contributed by atoms with Crippen molar-refractivity contribution in [3.63, 3.8) is 0 Å². The number of rotatable bonds is 3. The van der Waals surface area contributed by atoms with Gasteiger partial charge in [-0.25, -0.2) is 0 Å². The molecular weight excluding hydrogens is 195 g/mol. The highest BCUT2D eigenvalue weighted by Crippen LogP contribution is 2.44. The van der Waals surface area contributed by atoms with Crippen molar-refractivity contribution in [2.45, 2.75) is 24.8 Å². The van der Waals surface area contributed by atoms with Crippen molar-refractivity contribution in [1.29, 1.82) is 0 Å². The Morgan fingerprint density at radius 1 is 0.917 bits per heavy atom. The van der Waals surface area contributed by atoms with Gasteiger partial charge >= 0.3 is 17.9 Å². The smallest absolute Gasteiger partial charge is 0.200 e. The lowest BCUT2D eigenvalue weighted by Gasteiger charge is -2.27. The van der Waals surface area contributed by atoms with E-state index in [9.17, 15) is 30.8 Å². The Morgan fingerprint density at radius 3 is 1.33 bits per heavy atom. The molecule has 1 radical (unpaired) electrons. The first-order chi connectivity index (χ1) is 5.06. The average molecular weight is 198 g/mol. The molecule has 0 aliphatic heterocycles. The van der Waals surface area contributed by atoms with E-state index in [-0.39, 0.29) is 0 Å². The van der Waals surface area contributed by atoms with Crippen LogP contribution in [-0.2, 0) is 0 Å². The maximum absolute atomic E-state index is 11.9. The maximum atomic E-state index is 11.9. The first-order valence-electron chi connectivity index (χ1n) is 2.53. The summed E-state index contributed by atoms with van der Waals surface area (Å²) >= 11 is 0. The third-order valence-corrected chi connectivity index (χ3v) is 1.04. The van der Waals surface area contributed by atoms with Gasteiger partial charge in [-0.1, -0.05) is 0 Å². The van der Waals surface area contributed by atoms with E-state index in [2.05, 4.69) is 0 Å². The predicted octanol–water partition coefficient (Wildman–Crippen LogP) is 2.36. The van der Waals surface area contributed by atoms with Crippen LogP contribution in [0.4, 0.5) is 30.8 Å². The normalized spacial score (nSPS) is 15.0. The number of nitrogens with zero attached hydrogens (tertiary/aromatic N) is 1. The van der Waals surface area contributed by atoms with E-state index in [0.29, 0.717) is 5.54 Å². The summed E-state index contributed by atoms with van der Waals surface area (Å²) < 4.78 is 81.4. The molecule has 0 N–H and O–H groups in total. The van der Waals surface area contributed by atoms with Crippen molar-refractivity contribution in [2.75, 3.05) is 0 Å². The second-order valence-corrected chi connectivity index (χ2v) is 2.09. The van der Waals surface area contributed by atoms with E-state index in [0.717, 1.165) is 0 Å². The molecule has 0 saturated heterocycles. The first kappa shape index (κ1) is 11.5. The molecule has 0 bridgehead atoms.